The lowest BCUT2D eigenvalue weighted by Crippen LogP contribution is -2.14. The van der Waals surface area contributed by atoms with Gasteiger partial charge >= 0.3 is 6.01 Å². The molecule has 1 saturated carbocycles. The number of hydrogen-bond donors (Lipinski definition) is 1. The van der Waals surface area contributed by atoms with Gasteiger partial charge in [-0.1, -0.05) is 30.3 Å². The summed E-state index contributed by atoms with van der Waals surface area (Å²) in [4.78, 5) is 17.3. The number of fused-ring (bicyclic) bond motifs is 1. The fourth-order valence-electron chi connectivity index (χ4n) is 4.36. The van der Waals surface area contributed by atoms with Crippen LogP contribution >= 0.6 is 0 Å². The van der Waals surface area contributed by atoms with Crippen LogP contribution in [0.25, 0.3) is 17.1 Å². The fraction of sp³-hybridized carbons (Fsp3) is 0.222. The van der Waals surface area contributed by atoms with Gasteiger partial charge in [0.05, 0.1) is 12.3 Å². The van der Waals surface area contributed by atoms with Gasteiger partial charge < -0.3 is 19.5 Å². The second kappa shape index (κ2) is 8.79. The summed E-state index contributed by atoms with van der Waals surface area (Å²) in [6, 6.07) is 23.7. The lowest BCUT2D eigenvalue weighted by molar-refractivity contribution is -0.117. The van der Waals surface area contributed by atoms with Crippen LogP contribution in [-0.4, -0.2) is 34.1 Å². The minimum atomic E-state index is 0.0127. The van der Waals surface area contributed by atoms with Gasteiger partial charge in [0.25, 0.3) is 0 Å². The van der Waals surface area contributed by atoms with Gasteiger partial charge in [-0.2, -0.15) is 4.98 Å². The first-order chi connectivity index (χ1) is 17.2. The first-order valence-corrected chi connectivity index (χ1v) is 11.7. The van der Waals surface area contributed by atoms with Crippen molar-refractivity contribution in [3.63, 3.8) is 0 Å². The van der Waals surface area contributed by atoms with Crippen molar-refractivity contribution in [1.82, 2.24) is 14.8 Å². The lowest BCUT2D eigenvalue weighted by atomic mass is 10.1. The zero-order valence-corrected chi connectivity index (χ0v) is 19.2. The Morgan fingerprint density at radius 1 is 1.06 bits per heavy atom. The Balaban J connectivity index is 1.22. The number of nitrogens with one attached hydrogen (secondary N) is 1. The average Bonchev–Trinajstić information content (AvgIpc) is 3.37. The Hall–Kier alpha value is -4.33. The van der Waals surface area contributed by atoms with Crippen LogP contribution in [0.15, 0.2) is 72.8 Å². The third-order valence-corrected chi connectivity index (χ3v) is 6.23. The van der Waals surface area contributed by atoms with E-state index in [-0.39, 0.29) is 18.6 Å². The first kappa shape index (κ1) is 21.2. The quantitative estimate of drug-likeness (QED) is 0.419. The summed E-state index contributed by atoms with van der Waals surface area (Å²) in [5, 5.41) is 7.58. The van der Waals surface area contributed by atoms with Gasteiger partial charge in [-0.05, 0) is 67.3 Å². The molecule has 1 aliphatic heterocycles. The first-order valence-electron chi connectivity index (χ1n) is 11.7. The summed E-state index contributed by atoms with van der Waals surface area (Å²) >= 11 is 0. The zero-order chi connectivity index (χ0) is 23.8. The average molecular weight is 469 g/mol. The van der Waals surface area contributed by atoms with Crippen molar-refractivity contribution in [2.75, 3.05) is 18.7 Å². The van der Waals surface area contributed by atoms with E-state index in [9.17, 15) is 4.79 Å². The van der Waals surface area contributed by atoms with Crippen molar-refractivity contribution >= 4 is 11.6 Å². The van der Waals surface area contributed by atoms with E-state index in [1.807, 2.05) is 67.6 Å². The highest BCUT2D eigenvalue weighted by atomic mass is 16.7. The van der Waals surface area contributed by atoms with Crippen LogP contribution in [0.3, 0.4) is 0 Å². The molecule has 35 heavy (non-hydrogen) atoms. The molecular formula is C27H24N4O4. The largest absolute Gasteiger partial charge is 0.463 e. The van der Waals surface area contributed by atoms with E-state index >= 15 is 0 Å². The highest BCUT2D eigenvalue weighted by Gasteiger charge is 2.43. The lowest BCUT2D eigenvalue weighted by Gasteiger charge is -2.09. The minimum absolute atomic E-state index is 0.0127. The summed E-state index contributed by atoms with van der Waals surface area (Å²) in [6.07, 6.45) is 0.881. The highest BCUT2D eigenvalue weighted by molar-refractivity contribution is 5.95. The number of benzene rings is 3. The molecule has 0 bridgehead atoms. The fourth-order valence-corrected chi connectivity index (χ4v) is 4.36. The van der Waals surface area contributed by atoms with Crippen molar-refractivity contribution < 1.29 is 19.0 Å². The van der Waals surface area contributed by atoms with Gasteiger partial charge in [-0.15, -0.1) is 5.10 Å². The zero-order valence-electron chi connectivity index (χ0n) is 19.2. The number of anilines is 1. The number of hydrogen-bond acceptors (Lipinski definition) is 6. The smallest absolute Gasteiger partial charge is 0.336 e. The molecule has 2 atom stereocenters. The molecule has 176 valence electrons. The van der Waals surface area contributed by atoms with Crippen LogP contribution in [0.1, 0.15) is 24.8 Å². The second-order valence-corrected chi connectivity index (χ2v) is 8.53. The van der Waals surface area contributed by atoms with Gasteiger partial charge in [-0.25, -0.2) is 4.68 Å². The molecule has 6 rings (SSSR count). The summed E-state index contributed by atoms with van der Waals surface area (Å²) in [5.41, 5.74) is 3.58. The molecule has 8 nitrogen and oxygen atoms in total. The number of aromatic nitrogens is 3. The van der Waals surface area contributed by atoms with Crippen molar-refractivity contribution in [2.24, 2.45) is 5.92 Å². The molecule has 2 aliphatic rings. The maximum absolute atomic E-state index is 12.7. The topological polar surface area (TPSA) is 87.5 Å². The number of nitrogens with zero attached hydrogens (tertiary/aromatic N) is 3. The van der Waals surface area contributed by atoms with E-state index in [0.717, 1.165) is 23.4 Å². The second-order valence-electron chi connectivity index (χ2n) is 8.53. The van der Waals surface area contributed by atoms with Gasteiger partial charge in [0.15, 0.2) is 17.3 Å². The summed E-state index contributed by atoms with van der Waals surface area (Å²) in [6.45, 7) is 2.55. The maximum Gasteiger partial charge on any atom is 0.336 e. The normalized spacial score (nSPS) is 17.7. The van der Waals surface area contributed by atoms with Crippen molar-refractivity contribution in [2.45, 2.75) is 19.3 Å². The highest BCUT2D eigenvalue weighted by Crippen LogP contribution is 2.48. The Morgan fingerprint density at radius 2 is 1.86 bits per heavy atom. The van der Waals surface area contributed by atoms with Crippen LogP contribution in [0.2, 0.25) is 0 Å². The number of carbonyl (C=O) groups excluding carboxylic acids is 1. The van der Waals surface area contributed by atoms with Crippen LogP contribution in [0, 0.1) is 5.92 Å². The van der Waals surface area contributed by atoms with Crippen LogP contribution in [0.5, 0.6) is 17.5 Å². The van der Waals surface area contributed by atoms with E-state index in [1.165, 1.54) is 5.56 Å². The van der Waals surface area contributed by atoms with E-state index in [4.69, 9.17) is 14.2 Å². The summed E-state index contributed by atoms with van der Waals surface area (Å²) in [5.74, 6) is 2.35. The van der Waals surface area contributed by atoms with E-state index < -0.39 is 0 Å². The summed E-state index contributed by atoms with van der Waals surface area (Å²) in [7, 11) is 0. The molecule has 0 radical (unpaired) electrons. The molecule has 2 unspecified atom stereocenters. The number of ether oxygens (including phenoxy) is 3. The Kier molecular flexibility index (Phi) is 5.33. The predicted molar refractivity (Wildman–Crippen MR) is 130 cm³/mol. The van der Waals surface area contributed by atoms with Crippen molar-refractivity contribution in [1.29, 1.82) is 0 Å². The van der Waals surface area contributed by atoms with Gasteiger partial charge in [0.2, 0.25) is 12.7 Å². The standard InChI is InChI=1S/C27H24N4O4/c1-2-33-27-29-25(18-8-13-23-24(14-18)35-16-34-23)31(30-27)20-11-9-19(10-12-20)28-26(32)22-15-21(22)17-6-4-3-5-7-17/h3-14,21-22H,2,15-16H2,1H3,(H,28,32). The molecule has 0 saturated heterocycles. The predicted octanol–water partition coefficient (Wildman–Crippen LogP) is 4.80. The molecule has 1 N–H and O–H groups in total. The van der Waals surface area contributed by atoms with Crippen LogP contribution in [-0.2, 0) is 4.79 Å². The van der Waals surface area contributed by atoms with Gasteiger partial charge in [-0.3, -0.25) is 4.79 Å². The molecule has 1 aromatic heterocycles. The molecule has 3 aromatic carbocycles. The molecular weight excluding hydrogens is 444 g/mol. The monoisotopic (exact) mass is 468 g/mol. The van der Waals surface area contributed by atoms with E-state index in [2.05, 4.69) is 27.5 Å². The van der Waals surface area contributed by atoms with Crippen molar-refractivity contribution in [3.05, 3.63) is 78.4 Å². The number of amides is 1. The van der Waals surface area contributed by atoms with Gasteiger partial charge in [0, 0.05) is 17.2 Å². The number of rotatable bonds is 7. The van der Waals surface area contributed by atoms with E-state index in [0.29, 0.717) is 35.9 Å². The number of carbonyl (C=O) groups is 1. The SMILES string of the molecule is CCOc1nc(-c2ccc3c(c2)OCO3)n(-c2ccc(NC(=O)C3CC3c3ccccc3)cc2)n1. The minimum Gasteiger partial charge on any atom is -0.463 e. The van der Waals surface area contributed by atoms with Gasteiger partial charge in [0.1, 0.15) is 0 Å². The van der Waals surface area contributed by atoms with E-state index in [1.54, 1.807) is 4.68 Å². The molecule has 1 aliphatic carbocycles. The third kappa shape index (κ3) is 4.19. The van der Waals surface area contributed by atoms with Crippen LogP contribution in [0.4, 0.5) is 5.69 Å². The Morgan fingerprint density at radius 3 is 2.66 bits per heavy atom. The molecule has 2 heterocycles. The Bertz CT molecular complexity index is 1370. The molecule has 1 fully saturated rings. The summed E-state index contributed by atoms with van der Waals surface area (Å²) < 4.78 is 18.2. The molecule has 4 aromatic rings. The van der Waals surface area contributed by atoms with Crippen LogP contribution < -0.4 is 19.5 Å². The Labute approximate surface area is 202 Å². The molecule has 1 amide bonds. The molecule has 8 heteroatoms. The molecule has 0 spiro atoms. The van der Waals surface area contributed by atoms with Crippen molar-refractivity contribution in [3.8, 4) is 34.6 Å². The maximum atomic E-state index is 12.7. The third-order valence-electron chi connectivity index (χ3n) is 6.23.